The standard InChI is InChI=1S/C47H67NOSi/c1-34(2)50(35(3)4,36(5)6)30-28-41(46(16,17)18)32-38(43(7,8)9)23-21-37-22-25-42(48-33-37)26-24-39(44(10,11)12)31-40(45(13,14)15)27-29-47(19,20)49/h22,25,33-36,49H,1-20H3. The van der Waals surface area contributed by atoms with Crippen LogP contribution in [0, 0.1) is 68.6 Å². The molecular weight excluding hydrogens is 623 g/mol. The lowest BCUT2D eigenvalue weighted by Crippen LogP contribution is -2.43. The highest BCUT2D eigenvalue weighted by Gasteiger charge is 2.42. The average molecular weight is 690 g/mol. The van der Waals surface area contributed by atoms with Crippen LogP contribution in [-0.4, -0.2) is 23.8 Å². The predicted molar refractivity (Wildman–Crippen MR) is 220 cm³/mol. The minimum Gasteiger partial charge on any atom is -0.378 e. The lowest BCUT2D eigenvalue weighted by Gasteiger charge is -2.38. The molecule has 0 aliphatic heterocycles. The van der Waals surface area contributed by atoms with Gasteiger partial charge in [0.15, 0.2) is 0 Å². The van der Waals surface area contributed by atoms with E-state index >= 15 is 0 Å². The molecule has 3 heteroatoms. The summed E-state index contributed by atoms with van der Waals surface area (Å²) < 4.78 is 0. The highest BCUT2D eigenvalue weighted by molar-refractivity contribution is 6.90. The first-order chi connectivity index (χ1) is 22.4. The monoisotopic (exact) mass is 689 g/mol. The molecule has 0 aliphatic carbocycles. The lowest BCUT2D eigenvalue weighted by atomic mass is 9.82. The quantitative estimate of drug-likeness (QED) is 0.195. The van der Waals surface area contributed by atoms with Gasteiger partial charge in [0.1, 0.15) is 19.4 Å². The Morgan fingerprint density at radius 3 is 1.28 bits per heavy atom. The number of nitrogens with zero attached hydrogens (tertiary/aromatic N) is 1. The molecule has 0 aliphatic rings. The van der Waals surface area contributed by atoms with Gasteiger partial charge >= 0.3 is 0 Å². The summed E-state index contributed by atoms with van der Waals surface area (Å²) in [7, 11) is -1.90. The van der Waals surface area contributed by atoms with Crippen molar-refractivity contribution in [2.24, 2.45) is 21.7 Å². The normalized spacial score (nSPS) is 12.2. The smallest absolute Gasteiger partial charge is 0.146 e. The molecule has 0 spiro atoms. The zero-order valence-corrected chi connectivity index (χ0v) is 36.4. The first-order valence-electron chi connectivity index (χ1n) is 18.2. The summed E-state index contributed by atoms with van der Waals surface area (Å²) in [5.41, 5.74) is 15.9. The van der Waals surface area contributed by atoms with Gasteiger partial charge in [-0.25, -0.2) is 4.98 Å². The van der Waals surface area contributed by atoms with Crippen LogP contribution in [0.2, 0.25) is 16.6 Å². The molecule has 0 aromatic carbocycles. The van der Waals surface area contributed by atoms with Crippen molar-refractivity contribution in [1.29, 1.82) is 0 Å². The SMILES string of the molecule is CC(C)[Si](C#CC(=C=C(C#Cc1ccc(C#CC(=C=C(C#CC(C)(C)O)C(C)(C)C)C(C)(C)C)nc1)C(C)(C)C)C(C)(C)C)(C(C)C)C(C)C. The second-order valence-electron chi connectivity index (χ2n) is 19.1. The molecule has 1 heterocycles. The van der Waals surface area contributed by atoms with E-state index in [9.17, 15) is 5.11 Å². The number of aromatic nitrogens is 1. The van der Waals surface area contributed by atoms with Crippen LogP contribution < -0.4 is 0 Å². The van der Waals surface area contributed by atoms with Crippen LogP contribution in [0.25, 0.3) is 0 Å². The molecule has 0 unspecified atom stereocenters. The maximum absolute atomic E-state index is 10.2. The van der Waals surface area contributed by atoms with Crippen molar-refractivity contribution < 1.29 is 5.11 Å². The number of rotatable bonds is 3. The third kappa shape index (κ3) is 13.7. The number of aliphatic hydroxyl groups is 1. The van der Waals surface area contributed by atoms with E-state index in [2.05, 4.69) is 188 Å². The molecule has 0 atom stereocenters. The summed E-state index contributed by atoms with van der Waals surface area (Å²) >= 11 is 0. The molecule has 0 fully saturated rings. The molecule has 0 saturated heterocycles. The summed E-state index contributed by atoms with van der Waals surface area (Å²) in [6.07, 6.45) is 1.78. The Morgan fingerprint density at radius 1 is 0.560 bits per heavy atom. The van der Waals surface area contributed by atoms with Crippen molar-refractivity contribution in [3.63, 3.8) is 0 Å². The van der Waals surface area contributed by atoms with Crippen molar-refractivity contribution in [2.45, 2.75) is 161 Å². The predicted octanol–water partition coefficient (Wildman–Crippen LogP) is 11.9. The summed E-state index contributed by atoms with van der Waals surface area (Å²) in [4.78, 5) is 4.64. The van der Waals surface area contributed by atoms with Crippen LogP contribution in [0.4, 0.5) is 0 Å². The van der Waals surface area contributed by atoms with Crippen molar-refractivity contribution in [1.82, 2.24) is 4.98 Å². The highest BCUT2D eigenvalue weighted by Crippen LogP contribution is 2.41. The van der Waals surface area contributed by atoms with Gasteiger partial charge in [-0.2, -0.15) is 0 Å². The van der Waals surface area contributed by atoms with Crippen molar-refractivity contribution >= 4 is 8.07 Å². The minimum absolute atomic E-state index is 0.163. The molecule has 2 nitrogen and oxygen atoms in total. The molecule has 1 aromatic heterocycles. The molecule has 0 bridgehead atoms. The van der Waals surface area contributed by atoms with Crippen LogP contribution in [0.3, 0.4) is 0 Å². The fourth-order valence-corrected chi connectivity index (χ4v) is 10.7. The van der Waals surface area contributed by atoms with Gasteiger partial charge in [-0.1, -0.05) is 172 Å². The van der Waals surface area contributed by atoms with Gasteiger partial charge in [0, 0.05) is 39.0 Å². The highest BCUT2D eigenvalue weighted by atomic mass is 28.3. The molecule has 1 aromatic rings. The van der Waals surface area contributed by atoms with Crippen LogP contribution in [0.15, 0.2) is 52.1 Å². The molecule has 0 saturated carbocycles. The van der Waals surface area contributed by atoms with E-state index in [0.717, 1.165) is 27.9 Å². The number of hydrogen-bond donors (Lipinski definition) is 1. The van der Waals surface area contributed by atoms with Gasteiger partial charge < -0.3 is 5.11 Å². The zero-order valence-electron chi connectivity index (χ0n) is 35.4. The van der Waals surface area contributed by atoms with Gasteiger partial charge in [-0.15, -0.1) is 5.54 Å². The fraction of sp³-hybridized carbons (Fsp3) is 0.596. The van der Waals surface area contributed by atoms with E-state index < -0.39 is 13.7 Å². The first kappa shape index (κ1) is 44.6. The van der Waals surface area contributed by atoms with Gasteiger partial charge in [0.25, 0.3) is 0 Å². The van der Waals surface area contributed by atoms with Gasteiger partial charge in [-0.3, -0.25) is 0 Å². The van der Waals surface area contributed by atoms with Crippen LogP contribution in [0.1, 0.15) is 150 Å². The second kappa shape index (κ2) is 16.7. The van der Waals surface area contributed by atoms with Crippen molar-refractivity contribution in [3.05, 3.63) is 63.3 Å². The van der Waals surface area contributed by atoms with E-state index in [-0.39, 0.29) is 21.7 Å². The Hall–Kier alpha value is -3.39. The second-order valence-corrected chi connectivity index (χ2v) is 24.7. The molecule has 0 radical (unpaired) electrons. The van der Waals surface area contributed by atoms with Crippen molar-refractivity contribution in [2.75, 3.05) is 0 Å². The zero-order chi connectivity index (χ0) is 39.1. The van der Waals surface area contributed by atoms with Crippen LogP contribution in [0.5, 0.6) is 0 Å². The van der Waals surface area contributed by atoms with E-state index in [0.29, 0.717) is 22.3 Å². The summed E-state index contributed by atoms with van der Waals surface area (Å²) in [6, 6.07) is 3.88. The number of allylic oxidation sites excluding steroid dienone is 2. The van der Waals surface area contributed by atoms with E-state index in [4.69, 9.17) is 0 Å². The maximum atomic E-state index is 10.2. The first-order valence-corrected chi connectivity index (χ1v) is 20.5. The molecule has 50 heavy (non-hydrogen) atoms. The summed E-state index contributed by atoms with van der Waals surface area (Å²) in [5.74, 6) is 23.2. The molecular formula is C47H67NOSi. The topological polar surface area (TPSA) is 33.1 Å². The number of pyridine rings is 1. The Kier molecular flexibility index (Phi) is 14.9. The average Bonchev–Trinajstić information content (AvgIpc) is 2.90. The Balaban J connectivity index is 3.86. The van der Waals surface area contributed by atoms with Crippen molar-refractivity contribution in [3.8, 4) is 47.0 Å². The molecule has 270 valence electrons. The summed E-state index contributed by atoms with van der Waals surface area (Å²) in [6.45, 7) is 43.3. The molecule has 0 amide bonds. The van der Waals surface area contributed by atoms with Gasteiger partial charge in [0.2, 0.25) is 0 Å². The third-order valence-corrected chi connectivity index (χ3v) is 15.0. The Labute approximate surface area is 309 Å². The number of hydrogen-bond acceptors (Lipinski definition) is 2. The van der Waals surface area contributed by atoms with E-state index in [1.807, 2.05) is 12.1 Å². The van der Waals surface area contributed by atoms with Crippen LogP contribution in [-0.2, 0) is 0 Å². The molecule has 1 N–H and O–H groups in total. The fourth-order valence-electron chi connectivity index (χ4n) is 5.50. The van der Waals surface area contributed by atoms with Gasteiger partial charge in [-0.05, 0) is 48.5 Å². The lowest BCUT2D eigenvalue weighted by molar-refractivity contribution is 0.143. The Bertz CT molecular complexity index is 1730. The Morgan fingerprint density at radius 2 is 0.940 bits per heavy atom. The van der Waals surface area contributed by atoms with E-state index in [1.54, 1.807) is 20.0 Å². The molecule has 1 rings (SSSR count). The summed E-state index contributed by atoms with van der Waals surface area (Å²) in [5, 5.41) is 10.2. The van der Waals surface area contributed by atoms with E-state index in [1.165, 1.54) is 0 Å². The largest absolute Gasteiger partial charge is 0.378 e. The minimum atomic E-state index is -1.90. The van der Waals surface area contributed by atoms with Crippen LogP contribution >= 0.6 is 0 Å². The third-order valence-electron chi connectivity index (χ3n) is 8.67. The van der Waals surface area contributed by atoms with Gasteiger partial charge in [0.05, 0.1) is 16.7 Å². The maximum Gasteiger partial charge on any atom is 0.146 e.